The lowest BCUT2D eigenvalue weighted by Crippen LogP contribution is -2.32. The van der Waals surface area contributed by atoms with Crippen LogP contribution in [0.1, 0.15) is 30.2 Å². The van der Waals surface area contributed by atoms with Gasteiger partial charge >= 0.3 is 0 Å². The molecule has 3 aromatic rings. The summed E-state index contributed by atoms with van der Waals surface area (Å²) in [6.45, 7) is 3.03. The van der Waals surface area contributed by atoms with Crippen molar-refractivity contribution in [1.29, 1.82) is 0 Å². The number of hydrogen-bond donors (Lipinski definition) is 0. The van der Waals surface area contributed by atoms with Crippen LogP contribution in [0.2, 0.25) is 0 Å². The van der Waals surface area contributed by atoms with E-state index in [9.17, 15) is 0 Å². The summed E-state index contributed by atoms with van der Waals surface area (Å²) in [6.07, 6.45) is 2.10. The first-order valence-corrected chi connectivity index (χ1v) is 9.47. The van der Waals surface area contributed by atoms with Gasteiger partial charge in [-0.05, 0) is 55.1 Å². The van der Waals surface area contributed by atoms with Gasteiger partial charge in [0.05, 0.1) is 7.11 Å². The Morgan fingerprint density at radius 3 is 2.88 bits per heavy atom. The molecule has 130 valence electrons. The van der Waals surface area contributed by atoms with E-state index >= 15 is 0 Å². The first-order chi connectivity index (χ1) is 12.3. The minimum atomic E-state index is 0.362. The summed E-state index contributed by atoms with van der Waals surface area (Å²) < 4.78 is 11.2. The Bertz CT molecular complexity index is 808. The zero-order valence-electron chi connectivity index (χ0n) is 14.2. The van der Waals surface area contributed by atoms with Crippen LogP contribution in [-0.4, -0.2) is 35.3 Å². The van der Waals surface area contributed by atoms with Crippen LogP contribution < -0.4 is 4.74 Å². The van der Waals surface area contributed by atoms with Gasteiger partial charge in [-0.25, -0.2) is 0 Å². The Labute approximate surface area is 151 Å². The standard InChI is InChI=1S/C19H21N3O2S/c1-23-17-4-2-3-14(11-17)12-22-8-5-15(6-9-22)18-20-21-19(24-18)16-7-10-25-13-16/h2-4,7,10-11,13,15H,5-6,8-9,12H2,1H3. The highest BCUT2D eigenvalue weighted by molar-refractivity contribution is 7.08. The second-order valence-corrected chi connectivity index (χ2v) is 7.14. The molecule has 0 aliphatic carbocycles. The van der Waals surface area contributed by atoms with Gasteiger partial charge in [0.1, 0.15) is 5.75 Å². The summed E-state index contributed by atoms with van der Waals surface area (Å²) in [7, 11) is 1.71. The third-order valence-corrected chi connectivity index (χ3v) is 5.37. The Kier molecular flexibility index (Phi) is 4.81. The van der Waals surface area contributed by atoms with Crippen molar-refractivity contribution in [3.63, 3.8) is 0 Å². The van der Waals surface area contributed by atoms with Gasteiger partial charge in [0.25, 0.3) is 0 Å². The fourth-order valence-corrected chi connectivity index (χ4v) is 3.90. The van der Waals surface area contributed by atoms with Crippen molar-refractivity contribution in [3.05, 3.63) is 52.5 Å². The molecule has 1 aliphatic rings. The molecule has 1 aromatic carbocycles. The third-order valence-electron chi connectivity index (χ3n) is 4.69. The molecule has 0 spiro atoms. The molecule has 6 heteroatoms. The zero-order valence-corrected chi connectivity index (χ0v) is 15.0. The Morgan fingerprint density at radius 1 is 1.24 bits per heavy atom. The lowest BCUT2D eigenvalue weighted by Gasteiger charge is -2.30. The molecule has 1 saturated heterocycles. The number of rotatable bonds is 5. The lowest BCUT2D eigenvalue weighted by molar-refractivity contribution is 0.193. The molecule has 0 radical (unpaired) electrons. The molecule has 1 fully saturated rings. The van der Waals surface area contributed by atoms with E-state index in [2.05, 4.69) is 27.2 Å². The van der Waals surface area contributed by atoms with Crippen molar-refractivity contribution >= 4 is 11.3 Å². The van der Waals surface area contributed by atoms with Crippen LogP contribution >= 0.6 is 11.3 Å². The van der Waals surface area contributed by atoms with Gasteiger partial charge in [-0.15, -0.1) is 10.2 Å². The molecule has 0 bridgehead atoms. The third kappa shape index (κ3) is 3.75. The molecule has 1 aliphatic heterocycles. The van der Waals surface area contributed by atoms with E-state index in [1.165, 1.54) is 5.56 Å². The summed E-state index contributed by atoms with van der Waals surface area (Å²) in [5, 5.41) is 12.5. The quantitative estimate of drug-likeness (QED) is 0.687. The van der Waals surface area contributed by atoms with Gasteiger partial charge < -0.3 is 9.15 Å². The highest BCUT2D eigenvalue weighted by Gasteiger charge is 2.25. The molecule has 25 heavy (non-hydrogen) atoms. The summed E-state index contributed by atoms with van der Waals surface area (Å²) in [6, 6.07) is 10.3. The van der Waals surface area contributed by atoms with Gasteiger partial charge in [0, 0.05) is 23.4 Å². The minimum absolute atomic E-state index is 0.362. The van der Waals surface area contributed by atoms with E-state index in [1.807, 2.05) is 29.0 Å². The molecule has 0 amide bonds. The Morgan fingerprint density at radius 2 is 2.12 bits per heavy atom. The number of thiophene rings is 1. The van der Waals surface area contributed by atoms with E-state index in [1.54, 1.807) is 18.4 Å². The maximum Gasteiger partial charge on any atom is 0.248 e. The number of nitrogens with zero attached hydrogens (tertiary/aromatic N) is 3. The van der Waals surface area contributed by atoms with Crippen molar-refractivity contribution in [2.45, 2.75) is 25.3 Å². The SMILES string of the molecule is COc1cccc(CN2CCC(c3nnc(-c4ccsc4)o3)CC2)c1. The summed E-state index contributed by atoms with van der Waals surface area (Å²) in [5.41, 5.74) is 2.30. The first kappa shape index (κ1) is 16.3. The number of likely N-dealkylation sites (tertiary alicyclic amines) is 1. The maximum atomic E-state index is 5.90. The average molecular weight is 355 g/mol. The van der Waals surface area contributed by atoms with Crippen LogP contribution in [0.25, 0.3) is 11.5 Å². The van der Waals surface area contributed by atoms with Gasteiger partial charge in [-0.1, -0.05) is 12.1 Å². The Hall–Kier alpha value is -2.18. The van der Waals surface area contributed by atoms with E-state index in [0.29, 0.717) is 11.8 Å². The van der Waals surface area contributed by atoms with E-state index in [-0.39, 0.29) is 0 Å². The van der Waals surface area contributed by atoms with Crippen molar-refractivity contribution in [2.75, 3.05) is 20.2 Å². The summed E-state index contributed by atoms with van der Waals surface area (Å²) >= 11 is 1.64. The van der Waals surface area contributed by atoms with Crippen LogP contribution in [0.15, 0.2) is 45.5 Å². The van der Waals surface area contributed by atoms with Gasteiger partial charge in [0.2, 0.25) is 11.8 Å². The van der Waals surface area contributed by atoms with Crippen molar-refractivity contribution < 1.29 is 9.15 Å². The maximum absolute atomic E-state index is 5.90. The van der Waals surface area contributed by atoms with Gasteiger partial charge in [0.15, 0.2) is 0 Å². The van der Waals surface area contributed by atoms with Crippen molar-refractivity contribution in [1.82, 2.24) is 15.1 Å². The fraction of sp³-hybridized carbons (Fsp3) is 0.368. The summed E-state index contributed by atoms with van der Waals surface area (Å²) in [5.74, 6) is 2.69. The van der Waals surface area contributed by atoms with E-state index in [0.717, 1.165) is 49.7 Å². The minimum Gasteiger partial charge on any atom is -0.497 e. The topological polar surface area (TPSA) is 51.4 Å². The number of aromatic nitrogens is 2. The predicted molar refractivity (Wildman–Crippen MR) is 97.9 cm³/mol. The van der Waals surface area contributed by atoms with E-state index < -0.39 is 0 Å². The van der Waals surface area contributed by atoms with Crippen LogP contribution in [-0.2, 0) is 6.54 Å². The molecule has 0 saturated carbocycles. The number of methoxy groups -OCH3 is 1. The molecule has 4 rings (SSSR count). The molecular weight excluding hydrogens is 334 g/mol. The van der Waals surface area contributed by atoms with Crippen molar-refractivity contribution in [2.24, 2.45) is 0 Å². The fourth-order valence-electron chi connectivity index (χ4n) is 3.27. The molecule has 0 unspecified atom stereocenters. The number of hydrogen-bond acceptors (Lipinski definition) is 6. The smallest absolute Gasteiger partial charge is 0.248 e. The van der Waals surface area contributed by atoms with Crippen LogP contribution in [0.3, 0.4) is 0 Å². The van der Waals surface area contributed by atoms with Crippen LogP contribution in [0, 0.1) is 0 Å². The van der Waals surface area contributed by atoms with Gasteiger partial charge in [-0.2, -0.15) is 11.3 Å². The lowest BCUT2D eigenvalue weighted by atomic mass is 9.96. The zero-order chi connectivity index (χ0) is 17.1. The first-order valence-electron chi connectivity index (χ1n) is 8.53. The number of ether oxygens (including phenoxy) is 1. The van der Waals surface area contributed by atoms with Crippen LogP contribution in [0.5, 0.6) is 5.75 Å². The molecule has 2 aromatic heterocycles. The highest BCUT2D eigenvalue weighted by atomic mass is 32.1. The molecule has 0 N–H and O–H groups in total. The number of piperidine rings is 1. The van der Waals surface area contributed by atoms with Crippen LogP contribution in [0.4, 0.5) is 0 Å². The molecule has 5 nitrogen and oxygen atoms in total. The largest absolute Gasteiger partial charge is 0.497 e. The second kappa shape index (κ2) is 7.37. The van der Waals surface area contributed by atoms with E-state index in [4.69, 9.17) is 9.15 Å². The van der Waals surface area contributed by atoms with Crippen molar-refractivity contribution in [3.8, 4) is 17.2 Å². The Balaban J connectivity index is 1.35. The molecule has 0 atom stereocenters. The molecular formula is C19H21N3O2S. The summed E-state index contributed by atoms with van der Waals surface area (Å²) in [4.78, 5) is 2.47. The molecule has 3 heterocycles. The van der Waals surface area contributed by atoms with Gasteiger partial charge in [-0.3, -0.25) is 4.90 Å². The highest BCUT2D eigenvalue weighted by Crippen LogP contribution is 2.30. The predicted octanol–water partition coefficient (Wildman–Crippen LogP) is 4.19. The normalized spacial score (nSPS) is 16.2. The second-order valence-electron chi connectivity index (χ2n) is 6.36. The average Bonchev–Trinajstić information content (AvgIpc) is 3.34. The number of benzene rings is 1. The monoisotopic (exact) mass is 355 g/mol.